The molecule has 0 radical (unpaired) electrons. The Labute approximate surface area is 99.7 Å². The second-order valence-electron chi connectivity index (χ2n) is 4.49. The molecule has 0 aromatic rings. The lowest BCUT2D eigenvalue weighted by atomic mass is 10.0. The maximum Gasteiger partial charge on any atom is 0.0299 e. The van der Waals surface area contributed by atoms with Crippen molar-refractivity contribution in [2.45, 2.75) is 26.7 Å². The minimum Gasteiger partial charge on any atom is -0.412 e. The summed E-state index contributed by atoms with van der Waals surface area (Å²) in [5.41, 5.74) is 2.97. The fourth-order valence-electron chi connectivity index (χ4n) is 1.67. The normalized spacial score (nSPS) is 15.3. The molecule has 0 amide bonds. The smallest absolute Gasteiger partial charge is 0.0299 e. The highest BCUT2D eigenvalue weighted by molar-refractivity contribution is 5.21. The zero-order valence-corrected chi connectivity index (χ0v) is 11.1. The van der Waals surface area contributed by atoms with Crippen LogP contribution < -0.4 is 0 Å². The summed E-state index contributed by atoms with van der Waals surface area (Å²) in [5, 5.41) is 0. The van der Waals surface area contributed by atoms with Crippen LogP contribution in [0.2, 0.25) is 0 Å². The van der Waals surface area contributed by atoms with Crippen LogP contribution in [0, 0.1) is 0 Å². The summed E-state index contributed by atoms with van der Waals surface area (Å²) in [6.45, 7) is 7.81. The van der Waals surface area contributed by atoms with Crippen molar-refractivity contribution in [2.75, 3.05) is 33.7 Å². The van der Waals surface area contributed by atoms with Crippen molar-refractivity contribution in [2.24, 2.45) is 0 Å². The molecular weight excluding hydrogens is 200 g/mol. The zero-order chi connectivity index (χ0) is 11.3. The van der Waals surface area contributed by atoms with E-state index < -0.39 is 0 Å². The van der Waals surface area contributed by atoms with E-state index in [1.54, 1.807) is 0 Å². The van der Waals surface area contributed by atoms with Gasteiger partial charge in [-0.1, -0.05) is 18.6 Å². The van der Waals surface area contributed by atoms with Crippen LogP contribution in [0.4, 0.5) is 0 Å². The molecule has 0 atom stereocenters. The highest BCUT2D eigenvalue weighted by Crippen LogP contribution is 2.19. The predicted octanol–water partition coefficient (Wildman–Crippen LogP) is 1.67. The van der Waals surface area contributed by atoms with Gasteiger partial charge < -0.3 is 15.3 Å². The maximum absolute atomic E-state index is 2.38. The van der Waals surface area contributed by atoms with E-state index in [0.717, 1.165) is 19.6 Å². The van der Waals surface area contributed by atoms with Crippen LogP contribution >= 0.6 is 0 Å². The molecule has 1 rings (SSSR count). The van der Waals surface area contributed by atoms with E-state index in [2.05, 4.69) is 49.9 Å². The Bertz CT molecular complexity index is 259. The molecule has 2 N–H and O–H groups in total. The van der Waals surface area contributed by atoms with Gasteiger partial charge in [0.2, 0.25) is 0 Å². The van der Waals surface area contributed by atoms with Gasteiger partial charge in [-0.25, -0.2) is 0 Å². The summed E-state index contributed by atoms with van der Waals surface area (Å²) in [6.07, 6.45) is 6.94. The van der Waals surface area contributed by atoms with Gasteiger partial charge in [0.05, 0.1) is 0 Å². The van der Waals surface area contributed by atoms with E-state index in [0.29, 0.717) is 0 Å². The van der Waals surface area contributed by atoms with Crippen LogP contribution in [0.5, 0.6) is 0 Å². The van der Waals surface area contributed by atoms with E-state index in [1.807, 2.05) is 0 Å². The zero-order valence-electron chi connectivity index (χ0n) is 11.1. The van der Waals surface area contributed by atoms with Gasteiger partial charge in [0.1, 0.15) is 0 Å². The molecule has 0 saturated heterocycles. The van der Waals surface area contributed by atoms with E-state index in [9.17, 15) is 0 Å². The van der Waals surface area contributed by atoms with Crippen LogP contribution in [-0.4, -0.2) is 49.0 Å². The lowest BCUT2D eigenvalue weighted by Gasteiger charge is -2.26. The van der Waals surface area contributed by atoms with E-state index in [1.165, 1.54) is 24.1 Å². The first-order valence-electron chi connectivity index (χ1n) is 5.89. The third-order valence-electron chi connectivity index (χ3n) is 3.18. The Morgan fingerprint density at radius 1 is 1.12 bits per heavy atom. The molecule has 0 saturated carbocycles. The molecule has 0 unspecified atom stereocenters. The number of rotatable bonds is 5. The topological polar surface area (TPSA) is 38.0 Å². The Morgan fingerprint density at radius 3 is 2.31 bits per heavy atom. The van der Waals surface area contributed by atoms with E-state index >= 15 is 0 Å². The quantitative estimate of drug-likeness (QED) is 0.715. The average Bonchev–Trinajstić information content (AvgIpc) is 2.26. The number of allylic oxidation sites excluding steroid dienone is 4. The standard InChI is InChI=1S/C13H24N2.H2O/c1-5-14(3)10-11-15(4)13-8-6-12(2)7-9-13;/h6,8H,5,7,9-11H2,1-4H3;1H2. The third kappa shape index (κ3) is 4.81. The van der Waals surface area contributed by atoms with Crippen LogP contribution in [-0.2, 0) is 0 Å². The number of nitrogens with zero attached hydrogens (tertiary/aromatic N) is 2. The number of likely N-dealkylation sites (N-methyl/N-ethyl adjacent to an activating group) is 2. The monoisotopic (exact) mass is 226 g/mol. The minimum absolute atomic E-state index is 0. The molecule has 16 heavy (non-hydrogen) atoms. The summed E-state index contributed by atoms with van der Waals surface area (Å²) in [6, 6.07) is 0. The average molecular weight is 226 g/mol. The molecule has 3 heteroatoms. The second kappa shape index (κ2) is 7.47. The molecule has 0 heterocycles. The lowest BCUT2D eigenvalue weighted by molar-refractivity contribution is 0.291. The Balaban J connectivity index is 0.00000225. The van der Waals surface area contributed by atoms with Crippen molar-refractivity contribution >= 4 is 0 Å². The molecule has 1 aliphatic carbocycles. The van der Waals surface area contributed by atoms with Crippen molar-refractivity contribution < 1.29 is 5.48 Å². The number of hydrogen-bond donors (Lipinski definition) is 0. The minimum atomic E-state index is 0. The summed E-state index contributed by atoms with van der Waals surface area (Å²) in [5.74, 6) is 0. The third-order valence-corrected chi connectivity index (χ3v) is 3.18. The van der Waals surface area contributed by atoms with E-state index in [-0.39, 0.29) is 5.48 Å². The van der Waals surface area contributed by atoms with Crippen LogP contribution in [0.1, 0.15) is 26.7 Å². The van der Waals surface area contributed by atoms with Crippen molar-refractivity contribution in [3.05, 3.63) is 23.4 Å². The Kier molecular flexibility index (Phi) is 7.10. The number of hydrogen-bond acceptors (Lipinski definition) is 2. The lowest BCUT2D eigenvalue weighted by Crippen LogP contribution is -2.30. The van der Waals surface area contributed by atoms with Gasteiger partial charge in [-0.15, -0.1) is 0 Å². The summed E-state index contributed by atoms with van der Waals surface area (Å²) < 4.78 is 0. The first-order valence-corrected chi connectivity index (χ1v) is 5.89. The first kappa shape index (κ1) is 15.2. The van der Waals surface area contributed by atoms with Crippen molar-refractivity contribution in [1.29, 1.82) is 0 Å². The largest absolute Gasteiger partial charge is 0.412 e. The molecular formula is C13H26N2O. The van der Waals surface area contributed by atoms with Crippen molar-refractivity contribution in [1.82, 2.24) is 9.80 Å². The molecule has 0 aliphatic heterocycles. The fraction of sp³-hybridized carbons (Fsp3) is 0.692. The van der Waals surface area contributed by atoms with Crippen LogP contribution in [0.15, 0.2) is 23.4 Å². The molecule has 94 valence electrons. The molecule has 0 aromatic heterocycles. The second-order valence-corrected chi connectivity index (χ2v) is 4.49. The van der Waals surface area contributed by atoms with Gasteiger partial charge in [0.15, 0.2) is 0 Å². The highest BCUT2D eigenvalue weighted by atomic mass is 16.0. The van der Waals surface area contributed by atoms with E-state index in [4.69, 9.17) is 0 Å². The van der Waals surface area contributed by atoms with Crippen molar-refractivity contribution in [3.8, 4) is 0 Å². The maximum atomic E-state index is 2.38. The summed E-state index contributed by atoms with van der Waals surface area (Å²) in [4.78, 5) is 4.73. The van der Waals surface area contributed by atoms with Crippen LogP contribution in [0.25, 0.3) is 0 Å². The van der Waals surface area contributed by atoms with Crippen molar-refractivity contribution in [3.63, 3.8) is 0 Å². The molecule has 3 nitrogen and oxygen atoms in total. The van der Waals surface area contributed by atoms with Gasteiger partial charge in [-0.2, -0.15) is 0 Å². The Hall–Kier alpha value is -0.800. The predicted molar refractivity (Wildman–Crippen MR) is 70.5 cm³/mol. The van der Waals surface area contributed by atoms with Gasteiger partial charge in [-0.3, -0.25) is 0 Å². The molecule has 1 aliphatic rings. The van der Waals surface area contributed by atoms with Gasteiger partial charge in [0.25, 0.3) is 0 Å². The summed E-state index contributed by atoms with van der Waals surface area (Å²) >= 11 is 0. The summed E-state index contributed by atoms with van der Waals surface area (Å²) in [7, 11) is 4.37. The van der Waals surface area contributed by atoms with Crippen LogP contribution in [0.3, 0.4) is 0 Å². The molecule has 0 aromatic carbocycles. The molecule has 0 fully saturated rings. The first-order chi connectivity index (χ1) is 7.13. The molecule has 0 spiro atoms. The molecule has 0 bridgehead atoms. The Morgan fingerprint density at radius 2 is 1.81 bits per heavy atom. The van der Waals surface area contributed by atoms with Gasteiger partial charge in [0, 0.05) is 25.8 Å². The van der Waals surface area contributed by atoms with Gasteiger partial charge in [-0.05, 0) is 39.4 Å². The highest BCUT2D eigenvalue weighted by Gasteiger charge is 2.08. The fourth-order valence-corrected chi connectivity index (χ4v) is 1.67. The van der Waals surface area contributed by atoms with Gasteiger partial charge >= 0.3 is 0 Å². The SMILES string of the molecule is CCN(C)CCN(C)C1=CC=C(C)CC1.O.